The van der Waals surface area contributed by atoms with E-state index >= 15 is 0 Å². The zero-order chi connectivity index (χ0) is 31.5. The first-order chi connectivity index (χ1) is 20.1. The number of nitro benzene ring substituents is 1. The third-order valence-corrected chi connectivity index (χ3v) is 7.75. The number of nitro groups is 1. The molecule has 222 valence electrons. The van der Waals surface area contributed by atoms with Crippen LogP contribution in [-0.2, 0) is 20.2 Å². The van der Waals surface area contributed by atoms with Gasteiger partial charge in [-0.2, -0.15) is 42.0 Å². The molecule has 0 saturated heterocycles. The Bertz CT molecular complexity index is 1990. The summed E-state index contributed by atoms with van der Waals surface area (Å²) in [5.74, 6) is 0.203. The van der Waals surface area contributed by atoms with Crippen molar-refractivity contribution in [3.05, 3.63) is 92.5 Å². The van der Waals surface area contributed by atoms with Crippen LogP contribution in [0.2, 0.25) is 10.6 Å². The fraction of sp³-hybridized carbons (Fsp3) is 0.0417. The van der Waals surface area contributed by atoms with E-state index in [1.54, 1.807) is 36.2 Å². The number of rotatable bonds is 9. The van der Waals surface area contributed by atoms with Crippen LogP contribution in [0.15, 0.2) is 80.7 Å². The molecule has 2 N–H and O–H groups in total. The van der Waals surface area contributed by atoms with Gasteiger partial charge in [0, 0.05) is 24.9 Å². The van der Waals surface area contributed by atoms with E-state index < -0.39 is 40.6 Å². The Morgan fingerprint density at radius 1 is 0.791 bits per heavy atom. The molecule has 0 amide bonds. The molecule has 4 rings (SSSR count). The Hall–Kier alpha value is -4.39. The standard InChI is InChI=1S/C24H17Cl2N7O8S2/c1-32(24-28-22(25)27-23(26)29-24)18-10-7-16(8-11-18)30-31-17-6-4-14(20(12-17)42(36,37)38)2-3-15-5-9-19(33(34)35)13-21(15)43(39,40)41/h2-13H,1H3,(H,36,37,38)(H,39,40,41)/b3-2+,31-30+. The minimum absolute atomic E-state index is 0.0504. The van der Waals surface area contributed by atoms with Crippen molar-refractivity contribution < 1.29 is 30.9 Å². The molecule has 3 aromatic carbocycles. The fourth-order valence-electron chi connectivity index (χ4n) is 3.56. The fourth-order valence-corrected chi connectivity index (χ4v) is 5.33. The first kappa shape index (κ1) is 31.5. The summed E-state index contributed by atoms with van der Waals surface area (Å²) >= 11 is 11.7. The van der Waals surface area contributed by atoms with Crippen LogP contribution in [0.5, 0.6) is 0 Å². The maximum absolute atomic E-state index is 12.1. The smallest absolute Gasteiger partial charge is 0.295 e. The SMILES string of the molecule is CN(c1ccc(/N=N/c2ccc(/C=C/c3ccc([N+](=O)[O-])cc3S(=O)(=O)O)c(S(=O)(=O)O)c2)cc1)c1nc(Cl)nc(Cl)n1. The van der Waals surface area contributed by atoms with Crippen LogP contribution in [0.4, 0.5) is 28.7 Å². The second kappa shape index (κ2) is 12.5. The van der Waals surface area contributed by atoms with Gasteiger partial charge in [-0.3, -0.25) is 19.2 Å². The molecule has 0 bridgehead atoms. The van der Waals surface area contributed by atoms with Crippen molar-refractivity contribution >= 4 is 84.3 Å². The Morgan fingerprint density at radius 3 is 1.81 bits per heavy atom. The molecule has 19 heteroatoms. The second-order valence-electron chi connectivity index (χ2n) is 8.43. The van der Waals surface area contributed by atoms with Gasteiger partial charge in [0.15, 0.2) is 0 Å². The zero-order valence-corrected chi connectivity index (χ0v) is 24.6. The van der Waals surface area contributed by atoms with Crippen LogP contribution in [0, 0.1) is 10.1 Å². The summed E-state index contributed by atoms with van der Waals surface area (Å²) in [5, 5.41) is 18.9. The lowest BCUT2D eigenvalue weighted by Crippen LogP contribution is -2.13. The van der Waals surface area contributed by atoms with Crippen LogP contribution in [-0.4, -0.2) is 52.9 Å². The highest BCUT2D eigenvalue weighted by Crippen LogP contribution is 2.29. The molecule has 15 nitrogen and oxygen atoms in total. The average molecular weight is 666 g/mol. The van der Waals surface area contributed by atoms with Crippen LogP contribution in [0.25, 0.3) is 12.2 Å². The van der Waals surface area contributed by atoms with E-state index in [-0.39, 0.29) is 33.3 Å². The largest absolute Gasteiger partial charge is 0.313 e. The van der Waals surface area contributed by atoms with E-state index in [0.717, 1.165) is 30.4 Å². The van der Waals surface area contributed by atoms with Crippen LogP contribution < -0.4 is 4.90 Å². The molecule has 0 atom stereocenters. The predicted molar refractivity (Wildman–Crippen MR) is 157 cm³/mol. The molecule has 4 aromatic rings. The Morgan fingerprint density at radius 2 is 1.28 bits per heavy atom. The Labute approximate surface area is 253 Å². The molecule has 0 aliphatic carbocycles. The number of hydrogen-bond acceptors (Lipinski definition) is 12. The number of hydrogen-bond donors (Lipinski definition) is 2. The molecule has 43 heavy (non-hydrogen) atoms. The molecule has 0 saturated carbocycles. The molecule has 1 heterocycles. The number of halogens is 2. The van der Waals surface area contributed by atoms with Crippen LogP contribution in [0.3, 0.4) is 0 Å². The summed E-state index contributed by atoms with van der Waals surface area (Å²) in [7, 11) is -7.99. The van der Waals surface area contributed by atoms with Gasteiger partial charge in [-0.25, -0.2) is 0 Å². The number of anilines is 2. The molecule has 0 aliphatic rings. The van der Waals surface area contributed by atoms with Gasteiger partial charge in [0.1, 0.15) is 9.79 Å². The highest BCUT2D eigenvalue weighted by atomic mass is 35.5. The topological polar surface area (TPSA) is 219 Å². The van der Waals surface area contributed by atoms with E-state index in [2.05, 4.69) is 25.2 Å². The zero-order valence-electron chi connectivity index (χ0n) is 21.5. The first-order valence-corrected chi connectivity index (χ1v) is 15.1. The van der Waals surface area contributed by atoms with E-state index in [1.165, 1.54) is 12.1 Å². The van der Waals surface area contributed by atoms with Crippen molar-refractivity contribution in [1.82, 2.24) is 15.0 Å². The summed E-state index contributed by atoms with van der Waals surface area (Å²) in [4.78, 5) is 22.1. The highest BCUT2D eigenvalue weighted by Gasteiger charge is 2.20. The van der Waals surface area contributed by atoms with Crippen molar-refractivity contribution in [2.75, 3.05) is 11.9 Å². The molecule has 0 radical (unpaired) electrons. The minimum Gasteiger partial charge on any atom is -0.313 e. The third kappa shape index (κ3) is 7.92. The molecule has 0 fully saturated rings. The van der Waals surface area contributed by atoms with Gasteiger partial charge in [0.25, 0.3) is 25.9 Å². The number of aromatic nitrogens is 3. The number of nitrogens with zero attached hydrogens (tertiary/aromatic N) is 7. The monoisotopic (exact) mass is 665 g/mol. The first-order valence-electron chi connectivity index (χ1n) is 11.5. The molecule has 1 aromatic heterocycles. The molecular formula is C24H17Cl2N7O8S2. The summed E-state index contributed by atoms with van der Waals surface area (Å²) in [6, 6.07) is 13.0. The van der Waals surface area contributed by atoms with Gasteiger partial charge in [0.05, 0.1) is 16.3 Å². The van der Waals surface area contributed by atoms with Crippen molar-refractivity contribution in [2.45, 2.75) is 9.79 Å². The lowest BCUT2D eigenvalue weighted by molar-refractivity contribution is -0.385. The minimum atomic E-state index is -4.87. The lowest BCUT2D eigenvalue weighted by Gasteiger charge is -2.16. The van der Waals surface area contributed by atoms with Gasteiger partial charge in [-0.1, -0.05) is 18.2 Å². The average Bonchev–Trinajstić information content (AvgIpc) is 2.93. The Kier molecular flexibility index (Phi) is 9.14. The van der Waals surface area contributed by atoms with Crippen molar-refractivity contribution in [1.29, 1.82) is 0 Å². The summed E-state index contributed by atoms with van der Waals surface area (Å²) in [6.07, 6.45) is 2.25. The lowest BCUT2D eigenvalue weighted by atomic mass is 10.1. The Balaban J connectivity index is 1.60. The third-order valence-electron chi connectivity index (χ3n) is 5.59. The van der Waals surface area contributed by atoms with Crippen LogP contribution >= 0.6 is 23.2 Å². The number of azo groups is 1. The van der Waals surface area contributed by atoms with Crippen molar-refractivity contribution in [3.8, 4) is 0 Å². The van der Waals surface area contributed by atoms with Gasteiger partial charge in [-0.15, -0.1) is 0 Å². The van der Waals surface area contributed by atoms with Crippen LogP contribution in [0.1, 0.15) is 11.1 Å². The predicted octanol–water partition coefficient (Wildman–Crippen LogP) is 5.93. The molecular weight excluding hydrogens is 649 g/mol. The second-order valence-corrected chi connectivity index (χ2v) is 11.9. The van der Waals surface area contributed by atoms with E-state index in [0.29, 0.717) is 17.4 Å². The van der Waals surface area contributed by atoms with Gasteiger partial charge < -0.3 is 4.90 Å². The van der Waals surface area contributed by atoms with Crippen molar-refractivity contribution in [2.24, 2.45) is 10.2 Å². The summed E-state index contributed by atoms with van der Waals surface area (Å²) in [6.45, 7) is 0. The van der Waals surface area contributed by atoms with E-state index in [4.69, 9.17) is 23.2 Å². The molecule has 0 unspecified atom stereocenters. The van der Waals surface area contributed by atoms with E-state index in [9.17, 15) is 36.1 Å². The maximum atomic E-state index is 12.1. The number of benzene rings is 3. The number of non-ortho nitro benzene ring substituents is 1. The summed E-state index contributed by atoms with van der Waals surface area (Å²) in [5.41, 5.74) is 0.247. The normalized spacial score (nSPS) is 12.2. The van der Waals surface area contributed by atoms with Gasteiger partial charge in [0.2, 0.25) is 16.5 Å². The van der Waals surface area contributed by atoms with Crippen molar-refractivity contribution in [3.63, 3.8) is 0 Å². The summed E-state index contributed by atoms with van der Waals surface area (Å²) < 4.78 is 67.0. The maximum Gasteiger partial charge on any atom is 0.295 e. The quantitative estimate of drug-likeness (QED) is 0.0698. The molecule has 0 aliphatic heterocycles. The highest BCUT2D eigenvalue weighted by molar-refractivity contribution is 7.86. The van der Waals surface area contributed by atoms with Gasteiger partial charge in [-0.05, 0) is 76.8 Å². The van der Waals surface area contributed by atoms with E-state index in [1.807, 2.05) is 0 Å². The molecule has 0 spiro atoms. The van der Waals surface area contributed by atoms with Gasteiger partial charge >= 0.3 is 0 Å².